The number of hydrogen-bond donors (Lipinski definition) is 0. The van der Waals surface area contributed by atoms with E-state index in [2.05, 4.69) is 0 Å². The van der Waals surface area contributed by atoms with Gasteiger partial charge in [0.1, 0.15) is 22.6 Å². The van der Waals surface area contributed by atoms with E-state index in [0.717, 1.165) is 32.7 Å². The minimum atomic E-state index is -3.44. The summed E-state index contributed by atoms with van der Waals surface area (Å²) in [6, 6.07) is 23.7. The highest BCUT2D eigenvalue weighted by atomic mass is 35.5. The fraction of sp³-hybridized carbons (Fsp3) is 0.0769. The van der Waals surface area contributed by atoms with E-state index in [1.165, 1.54) is 0 Å². The van der Waals surface area contributed by atoms with Crippen LogP contribution < -0.4 is 11.0 Å². The molecule has 2 aromatic heterocycles. The number of rotatable bonds is 4. The maximum Gasteiger partial charge on any atom is 0.568 e. The predicted octanol–water partition coefficient (Wildman–Crippen LogP) is 5.40. The molecule has 0 atom stereocenters. The van der Waals surface area contributed by atoms with Gasteiger partial charge in [0, 0.05) is 32.7 Å². The first kappa shape index (κ1) is 22.5. The summed E-state index contributed by atoms with van der Waals surface area (Å²) in [7, 11) is -4.39. The van der Waals surface area contributed by atoms with Crippen LogP contribution in [-0.4, -0.2) is 39.1 Å². The first-order valence-electron chi connectivity index (χ1n) is 11.9. The van der Waals surface area contributed by atoms with Gasteiger partial charge in [-0.05, 0) is 0 Å². The van der Waals surface area contributed by atoms with Gasteiger partial charge in [-0.1, -0.05) is 72.8 Å². The second kappa shape index (κ2) is 8.01. The summed E-state index contributed by atoms with van der Waals surface area (Å²) in [5.41, 5.74) is 2.53. The molecule has 184 valence electrons. The molecule has 3 aliphatic heterocycles. The Hall–Kier alpha value is -3.49. The maximum atomic E-state index is 13.6. The molecule has 3 aromatic carbocycles. The van der Waals surface area contributed by atoms with Crippen molar-refractivity contribution >= 4 is 82.6 Å². The van der Waals surface area contributed by atoms with Gasteiger partial charge in [-0.2, -0.15) is 0 Å². The second-order valence-corrected chi connectivity index (χ2v) is 13.0. The van der Waals surface area contributed by atoms with Crippen molar-refractivity contribution in [2.75, 3.05) is 11.2 Å². The normalized spacial score (nSPS) is 15.2. The molecule has 0 amide bonds. The third-order valence-electron chi connectivity index (χ3n) is 7.08. The molecule has 0 N–H and O–H groups in total. The van der Waals surface area contributed by atoms with Crippen LogP contribution in [0.1, 0.15) is 11.1 Å². The summed E-state index contributed by atoms with van der Waals surface area (Å²) in [4.78, 5) is 20.1. The van der Waals surface area contributed by atoms with Crippen LogP contribution in [0, 0.1) is 0 Å². The molecule has 0 saturated carbocycles. The minimum Gasteiger partial charge on any atom is -0.344 e. The smallest absolute Gasteiger partial charge is 0.344 e. The number of alkyl halides is 2. The van der Waals surface area contributed by atoms with Crippen LogP contribution in [0.25, 0.3) is 21.5 Å². The zero-order valence-electron chi connectivity index (χ0n) is 19.6. The molecule has 0 radical (unpaired) electrons. The van der Waals surface area contributed by atoms with E-state index in [9.17, 15) is 4.57 Å². The van der Waals surface area contributed by atoms with Gasteiger partial charge in [-0.3, -0.25) is 4.57 Å². The van der Waals surface area contributed by atoms with Gasteiger partial charge in [0.2, 0.25) is 7.37 Å². The highest BCUT2D eigenvalue weighted by Crippen LogP contribution is 2.51. The first-order valence-corrected chi connectivity index (χ1v) is 15.0. The number of aliphatic imine (C=N–C) groups is 2. The summed E-state index contributed by atoms with van der Waals surface area (Å²) in [6.45, 7) is 0. The molecular weight excluding hydrogens is 541 g/mol. The number of fused-ring (bicyclic) bond motifs is 10. The Morgan fingerprint density at radius 2 is 1.16 bits per heavy atom. The van der Waals surface area contributed by atoms with Crippen molar-refractivity contribution in [2.24, 2.45) is 20.0 Å². The Balaban J connectivity index is 1.63. The average molecular weight is 557 g/mol. The third-order valence-corrected chi connectivity index (χ3v) is 10.6. The summed E-state index contributed by atoms with van der Waals surface area (Å²) < 4.78 is 23.8. The van der Waals surface area contributed by atoms with Gasteiger partial charge in [-0.25, -0.2) is 20.0 Å². The molecule has 12 heteroatoms. The van der Waals surface area contributed by atoms with E-state index in [1.54, 1.807) is 0 Å². The quantitative estimate of drug-likeness (QED) is 0.169. The fourth-order valence-electron chi connectivity index (χ4n) is 5.38. The number of halogens is 2. The number of hydrogen-bond acceptors (Lipinski definition) is 6. The summed E-state index contributed by atoms with van der Waals surface area (Å²) in [5.74, 6) is 2.30. The van der Waals surface area contributed by atoms with Crippen molar-refractivity contribution in [3.05, 3.63) is 94.9 Å². The Labute approximate surface area is 226 Å². The van der Waals surface area contributed by atoms with E-state index < -0.39 is 14.6 Å². The van der Waals surface area contributed by atoms with E-state index in [0.29, 0.717) is 34.3 Å². The molecule has 38 heavy (non-hydrogen) atoms. The SMILES string of the molecule is O=P(CCl)(CCl)OB1n2c3c4ccccc4c2N=c2c4ccccc4c(n21)=NC1=NC(=N3)c2ccccc21. The summed E-state index contributed by atoms with van der Waals surface area (Å²) in [6.07, 6.45) is 0. The molecule has 5 aromatic rings. The van der Waals surface area contributed by atoms with Crippen LogP contribution in [0.4, 0.5) is 11.6 Å². The van der Waals surface area contributed by atoms with Crippen molar-refractivity contribution in [3.8, 4) is 0 Å². The lowest BCUT2D eigenvalue weighted by Gasteiger charge is -2.25. The second-order valence-electron chi connectivity index (χ2n) is 9.25. The van der Waals surface area contributed by atoms with Gasteiger partial charge in [0.15, 0.2) is 11.7 Å². The molecule has 3 aliphatic rings. The van der Waals surface area contributed by atoms with Crippen LogP contribution in [0.5, 0.6) is 0 Å². The Morgan fingerprint density at radius 3 is 1.76 bits per heavy atom. The average Bonchev–Trinajstić information content (AvgIpc) is 3.58. The van der Waals surface area contributed by atoms with E-state index >= 15 is 0 Å². The molecule has 0 spiro atoms. The topological polar surface area (TPSA) is 85.6 Å². The summed E-state index contributed by atoms with van der Waals surface area (Å²) in [5, 5.41) is 3.51. The lowest BCUT2D eigenvalue weighted by Crippen LogP contribution is -2.49. The van der Waals surface area contributed by atoms with Crippen molar-refractivity contribution in [1.82, 2.24) is 8.96 Å². The van der Waals surface area contributed by atoms with Crippen molar-refractivity contribution in [3.63, 3.8) is 0 Å². The zero-order chi connectivity index (χ0) is 25.6. The highest BCUT2D eigenvalue weighted by Gasteiger charge is 2.42. The van der Waals surface area contributed by atoms with Crippen LogP contribution in [0.15, 0.2) is 92.8 Å². The Kier molecular flexibility index (Phi) is 4.74. The fourth-order valence-corrected chi connectivity index (χ4v) is 7.19. The molecule has 0 saturated heterocycles. The van der Waals surface area contributed by atoms with Gasteiger partial charge in [0.05, 0.1) is 11.2 Å². The molecule has 0 unspecified atom stereocenters. The van der Waals surface area contributed by atoms with Crippen molar-refractivity contribution < 1.29 is 9.01 Å². The van der Waals surface area contributed by atoms with E-state index in [1.807, 2.05) is 81.8 Å². The molecule has 4 bridgehead atoms. The molecule has 0 fully saturated rings. The van der Waals surface area contributed by atoms with Crippen LogP contribution in [0.2, 0.25) is 0 Å². The molecule has 8 rings (SSSR count). The standard InChI is InChI=1S/C26H16BCl2N6O2P/c28-13-38(36,14-29)37-27-34-23-17-9-3-5-11-19(17)25(34)33-26-20-12-6-4-10-18(20)24(35(26)27)32-22-16-8-2-1-7-15(16)21(30-22)31-23/h1-12H,13-14H2. The Bertz CT molecular complexity index is 2090. The van der Waals surface area contributed by atoms with Crippen LogP contribution in [-0.2, 0) is 9.01 Å². The zero-order valence-corrected chi connectivity index (χ0v) is 22.0. The molecule has 8 nitrogen and oxygen atoms in total. The van der Waals surface area contributed by atoms with Crippen LogP contribution >= 0.6 is 30.6 Å². The number of amidine groups is 2. The highest BCUT2D eigenvalue weighted by molar-refractivity contribution is 7.63. The van der Waals surface area contributed by atoms with E-state index in [-0.39, 0.29) is 11.2 Å². The number of nitrogens with zero attached hydrogens (tertiary/aromatic N) is 6. The van der Waals surface area contributed by atoms with Gasteiger partial charge >= 0.3 is 7.19 Å². The van der Waals surface area contributed by atoms with Crippen molar-refractivity contribution in [2.45, 2.75) is 0 Å². The lowest BCUT2D eigenvalue weighted by molar-refractivity contribution is 0.480. The lowest BCUT2D eigenvalue weighted by atomic mass is 10.00. The van der Waals surface area contributed by atoms with Gasteiger partial charge < -0.3 is 13.4 Å². The van der Waals surface area contributed by atoms with Crippen molar-refractivity contribution in [1.29, 1.82) is 0 Å². The molecule has 0 aliphatic carbocycles. The van der Waals surface area contributed by atoms with Gasteiger partial charge in [-0.15, -0.1) is 23.2 Å². The number of benzene rings is 3. The predicted molar refractivity (Wildman–Crippen MR) is 152 cm³/mol. The van der Waals surface area contributed by atoms with E-state index in [4.69, 9.17) is 47.6 Å². The monoisotopic (exact) mass is 556 g/mol. The van der Waals surface area contributed by atoms with Crippen LogP contribution in [0.3, 0.4) is 0 Å². The number of aromatic nitrogens is 2. The molecule has 5 heterocycles. The van der Waals surface area contributed by atoms with Gasteiger partial charge in [0.25, 0.3) is 0 Å². The third kappa shape index (κ3) is 2.96. The Morgan fingerprint density at radius 1 is 0.658 bits per heavy atom. The minimum absolute atomic E-state index is 0.231. The molecular formula is C26H16BCl2N6O2P. The maximum absolute atomic E-state index is 13.6. The first-order chi connectivity index (χ1) is 18.6. The summed E-state index contributed by atoms with van der Waals surface area (Å²) >= 11 is 12.3. The largest absolute Gasteiger partial charge is 0.568 e.